The first-order chi connectivity index (χ1) is 14.7. The van der Waals surface area contributed by atoms with Crippen LogP contribution in [-0.2, 0) is 32.2 Å². The summed E-state index contributed by atoms with van der Waals surface area (Å²) in [4.78, 5) is 27.5. The number of nitrogens with zero attached hydrogens (tertiary/aromatic N) is 1. The lowest BCUT2D eigenvalue weighted by atomic mass is 9.98. The molecular formula is C25H31NO5. The van der Waals surface area contributed by atoms with E-state index in [2.05, 4.69) is 0 Å². The SMILES string of the molecule is CC(C)(C)OC(=O)N1C[C@H](OCc2ccccc2)CC1(C)C(=O)OCc1ccccc1. The van der Waals surface area contributed by atoms with Gasteiger partial charge in [-0.3, -0.25) is 4.90 Å². The van der Waals surface area contributed by atoms with E-state index in [-0.39, 0.29) is 19.3 Å². The van der Waals surface area contributed by atoms with E-state index in [9.17, 15) is 9.59 Å². The summed E-state index contributed by atoms with van der Waals surface area (Å²) in [5, 5.41) is 0. The summed E-state index contributed by atoms with van der Waals surface area (Å²) < 4.78 is 17.2. The molecule has 0 radical (unpaired) electrons. The molecule has 3 rings (SSSR count). The molecule has 0 aromatic heterocycles. The van der Waals surface area contributed by atoms with Gasteiger partial charge in [0.25, 0.3) is 0 Å². The molecule has 1 unspecified atom stereocenters. The molecule has 2 aromatic rings. The van der Waals surface area contributed by atoms with Crippen molar-refractivity contribution >= 4 is 12.1 Å². The number of ether oxygens (including phenoxy) is 3. The lowest BCUT2D eigenvalue weighted by molar-refractivity contribution is -0.156. The quantitative estimate of drug-likeness (QED) is 0.627. The standard InChI is InChI=1S/C25H31NO5/c1-24(2,3)31-23(28)26-16-21(29-17-19-11-7-5-8-12-19)15-25(26,4)22(27)30-18-20-13-9-6-10-14-20/h5-14,21H,15-18H2,1-4H3/t21-,25?/m1/s1. The van der Waals surface area contributed by atoms with Gasteiger partial charge in [0.1, 0.15) is 17.7 Å². The van der Waals surface area contributed by atoms with Crippen LogP contribution in [-0.4, -0.2) is 40.8 Å². The first-order valence-corrected chi connectivity index (χ1v) is 10.5. The number of rotatable bonds is 6. The Hall–Kier alpha value is -2.86. The number of benzene rings is 2. The van der Waals surface area contributed by atoms with Crippen LogP contribution in [0.25, 0.3) is 0 Å². The van der Waals surface area contributed by atoms with E-state index in [0.717, 1.165) is 11.1 Å². The maximum atomic E-state index is 13.1. The fourth-order valence-corrected chi connectivity index (χ4v) is 3.59. The van der Waals surface area contributed by atoms with Gasteiger partial charge in [-0.25, -0.2) is 9.59 Å². The largest absolute Gasteiger partial charge is 0.459 e. The maximum Gasteiger partial charge on any atom is 0.411 e. The average molecular weight is 426 g/mol. The average Bonchev–Trinajstić information content (AvgIpc) is 3.09. The van der Waals surface area contributed by atoms with Gasteiger partial charge in [-0.1, -0.05) is 60.7 Å². The van der Waals surface area contributed by atoms with Crippen molar-refractivity contribution in [3.63, 3.8) is 0 Å². The minimum absolute atomic E-state index is 0.146. The number of hydrogen-bond donors (Lipinski definition) is 0. The van der Waals surface area contributed by atoms with Gasteiger partial charge in [-0.15, -0.1) is 0 Å². The second kappa shape index (κ2) is 9.52. The van der Waals surface area contributed by atoms with E-state index in [1.54, 1.807) is 27.7 Å². The number of carbonyl (C=O) groups is 2. The summed E-state index contributed by atoms with van der Waals surface area (Å²) in [7, 11) is 0. The fraction of sp³-hybridized carbons (Fsp3) is 0.440. The van der Waals surface area contributed by atoms with E-state index in [4.69, 9.17) is 14.2 Å². The van der Waals surface area contributed by atoms with E-state index in [1.807, 2.05) is 60.7 Å². The van der Waals surface area contributed by atoms with Crippen LogP contribution in [0.2, 0.25) is 0 Å². The number of likely N-dealkylation sites (tertiary alicyclic amines) is 1. The van der Waals surface area contributed by atoms with E-state index >= 15 is 0 Å². The molecule has 2 aromatic carbocycles. The third-order valence-corrected chi connectivity index (χ3v) is 5.20. The van der Waals surface area contributed by atoms with Crippen molar-refractivity contribution in [2.75, 3.05) is 6.54 Å². The van der Waals surface area contributed by atoms with E-state index in [1.165, 1.54) is 4.90 Å². The number of hydrogen-bond acceptors (Lipinski definition) is 5. The zero-order chi connectivity index (χ0) is 22.5. The Labute approximate surface area is 184 Å². The predicted molar refractivity (Wildman–Crippen MR) is 117 cm³/mol. The Morgan fingerprint density at radius 3 is 2.06 bits per heavy atom. The molecule has 0 bridgehead atoms. The van der Waals surface area contributed by atoms with Gasteiger partial charge in [0.2, 0.25) is 0 Å². The first kappa shape index (κ1) is 22.8. The molecule has 0 aliphatic carbocycles. The summed E-state index contributed by atoms with van der Waals surface area (Å²) in [6.07, 6.45) is -0.508. The Kier molecular flexibility index (Phi) is 7.01. The van der Waals surface area contributed by atoms with Gasteiger partial charge in [-0.2, -0.15) is 0 Å². The molecule has 6 nitrogen and oxygen atoms in total. The van der Waals surface area contributed by atoms with Crippen molar-refractivity contribution in [2.45, 2.75) is 64.6 Å². The van der Waals surface area contributed by atoms with Crippen LogP contribution in [0.3, 0.4) is 0 Å². The molecule has 2 atom stereocenters. The molecule has 1 amide bonds. The van der Waals surface area contributed by atoms with Gasteiger partial charge >= 0.3 is 12.1 Å². The third-order valence-electron chi connectivity index (χ3n) is 5.20. The second-order valence-corrected chi connectivity index (χ2v) is 9.05. The van der Waals surface area contributed by atoms with Crippen LogP contribution < -0.4 is 0 Å². The Balaban J connectivity index is 1.72. The van der Waals surface area contributed by atoms with Crippen molar-refractivity contribution in [2.24, 2.45) is 0 Å². The minimum Gasteiger partial charge on any atom is -0.459 e. The molecule has 1 fully saturated rings. The molecule has 0 saturated carbocycles. The first-order valence-electron chi connectivity index (χ1n) is 10.5. The Bertz CT molecular complexity index is 878. The molecule has 6 heteroatoms. The van der Waals surface area contributed by atoms with Gasteiger partial charge < -0.3 is 14.2 Å². The number of amides is 1. The molecule has 0 spiro atoms. The normalized spacial score (nSPS) is 21.0. The number of esters is 1. The van der Waals surface area contributed by atoms with Crippen LogP contribution >= 0.6 is 0 Å². The summed E-state index contributed by atoms with van der Waals surface area (Å²) >= 11 is 0. The van der Waals surface area contributed by atoms with Crippen molar-refractivity contribution in [3.8, 4) is 0 Å². The molecule has 166 valence electrons. The second-order valence-electron chi connectivity index (χ2n) is 9.05. The van der Waals surface area contributed by atoms with Crippen molar-refractivity contribution in [1.29, 1.82) is 0 Å². The summed E-state index contributed by atoms with van der Waals surface area (Å²) in [6, 6.07) is 19.3. The highest BCUT2D eigenvalue weighted by Gasteiger charge is 2.52. The van der Waals surface area contributed by atoms with Crippen LogP contribution in [0, 0.1) is 0 Å². The van der Waals surface area contributed by atoms with Crippen LogP contribution in [0.5, 0.6) is 0 Å². The fourth-order valence-electron chi connectivity index (χ4n) is 3.59. The van der Waals surface area contributed by atoms with Crippen LogP contribution in [0.1, 0.15) is 45.2 Å². The topological polar surface area (TPSA) is 65.1 Å². The van der Waals surface area contributed by atoms with Gasteiger partial charge in [0, 0.05) is 6.42 Å². The highest BCUT2D eigenvalue weighted by molar-refractivity contribution is 5.86. The van der Waals surface area contributed by atoms with Crippen LogP contribution in [0.4, 0.5) is 4.79 Å². The highest BCUT2D eigenvalue weighted by atomic mass is 16.6. The smallest absolute Gasteiger partial charge is 0.411 e. The van der Waals surface area contributed by atoms with Gasteiger partial charge in [0.05, 0.1) is 19.3 Å². The molecule has 1 aliphatic heterocycles. The number of carbonyl (C=O) groups excluding carboxylic acids is 2. The maximum absolute atomic E-state index is 13.1. The molecule has 0 N–H and O–H groups in total. The lowest BCUT2D eigenvalue weighted by Crippen LogP contribution is -2.52. The van der Waals surface area contributed by atoms with Crippen molar-refractivity contribution in [1.82, 2.24) is 4.90 Å². The minimum atomic E-state index is -1.17. The predicted octanol–water partition coefficient (Wildman–Crippen LogP) is 4.71. The summed E-state index contributed by atoms with van der Waals surface area (Å²) in [6.45, 7) is 7.94. The van der Waals surface area contributed by atoms with Crippen molar-refractivity contribution in [3.05, 3.63) is 71.8 Å². The molecule has 1 saturated heterocycles. The summed E-state index contributed by atoms with van der Waals surface area (Å²) in [5.74, 6) is -0.465. The third kappa shape index (κ3) is 6.07. The Morgan fingerprint density at radius 2 is 1.52 bits per heavy atom. The highest BCUT2D eigenvalue weighted by Crippen LogP contribution is 2.34. The zero-order valence-electron chi connectivity index (χ0n) is 18.7. The van der Waals surface area contributed by atoms with Crippen LogP contribution in [0.15, 0.2) is 60.7 Å². The molecule has 1 heterocycles. The van der Waals surface area contributed by atoms with Gasteiger partial charge in [-0.05, 0) is 38.8 Å². The van der Waals surface area contributed by atoms with Crippen molar-refractivity contribution < 1.29 is 23.8 Å². The molecule has 31 heavy (non-hydrogen) atoms. The van der Waals surface area contributed by atoms with E-state index < -0.39 is 23.2 Å². The summed E-state index contributed by atoms with van der Waals surface area (Å²) in [5.41, 5.74) is 0.0811. The lowest BCUT2D eigenvalue weighted by Gasteiger charge is -2.34. The Morgan fingerprint density at radius 1 is 0.968 bits per heavy atom. The molecular weight excluding hydrogens is 394 g/mol. The van der Waals surface area contributed by atoms with Gasteiger partial charge in [0.15, 0.2) is 0 Å². The molecule has 1 aliphatic rings. The van der Waals surface area contributed by atoms with E-state index in [0.29, 0.717) is 13.0 Å². The monoisotopic (exact) mass is 425 g/mol. The zero-order valence-corrected chi connectivity index (χ0v) is 18.7.